The Balaban J connectivity index is 1.33. The summed E-state index contributed by atoms with van der Waals surface area (Å²) in [6.45, 7) is 1.91. The maximum atomic E-state index is 12.5. The molecule has 2 saturated heterocycles. The van der Waals surface area contributed by atoms with Crippen molar-refractivity contribution in [2.75, 3.05) is 25.1 Å². The summed E-state index contributed by atoms with van der Waals surface area (Å²) in [5.41, 5.74) is 2.72. The second-order valence-corrected chi connectivity index (χ2v) is 8.28. The molecule has 31 heavy (non-hydrogen) atoms. The average molecular weight is 421 g/mol. The van der Waals surface area contributed by atoms with Gasteiger partial charge in [0.1, 0.15) is 0 Å². The van der Waals surface area contributed by atoms with Gasteiger partial charge in [0, 0.05) is 37.3 Å². The molecule has 2 aromatic rings. The summed E-state index contributed by atoms with van der Waals surface area (Å²) in [7, 11) is 0. The summed E-state index contributed by atoms with van der Waals surface area (Å²) in [5.74, 6) is -0.752. The van der Waals surface area contributed by atoms with Crippen LogP contribution in [0, 0.1) is 5.92 Å². The van der Waals surface area contributed by atoms with Gasteiger partial charge in [-0.1, -0.05) is 42.5 Å². The van der Waals surface area contributed by atoms with Crippen molar-refractivity contribution in [1.29, 1.82) is 0 Å². The highest BCUT2D eigenvalue weighted by Crippen LogP contribution is 2.34. The molecule has 4 amide bonds. The first kappa shape index (κ1) is 21.1. The SMILES string of the molecule is O=C1C[C@@H](Cc2ccc(NC(=O)NCC3(c4ccccc4)CCOCC3)cc2)C(=O)N1. The van der Waals surface area contributed by atoms with Gasteiger partial charge in [-0.15, -0.1) is 0 Å². The van der Waals surface area contributed by atoms with Gasteiger partial charge in [-0.05, 0) is 42.5 Å². The minimum absolute atomic E-state index is 0.125. The highest BCUT2D eigenvalue weighted by Gasteiger charge is 2.34. The third kappa shape index (κ3) is 5.11. The van der Waals surface area contributed by atoms with Crippen LogP contribution in [0.3, 0.4) is 0 Å². The molecule has 0 bridgehead atoms. The lowest BCUT2D eigenvalue weighted by Crippen LogP contribution is -2.45. The third-order valence-electron chi connectivity index (χ3n) is 6.18. The van der Waals surface area contributed by atoms with Gasteiger partial charge in [0.15, 0.2) is 0 Å². The maximum Gasteiger partial charge on any atom is 0.319 e. The number of amides is 4. The lowest BCUT2D eigenvalue weighted by Gasteiger charge is -2.38. The Bertz CT molecular complexity index is 937. The van der Waals surface area contributed by atoms with Gasteiger partial charge >= 0.3 is 6.03 Å². The molecule has 1 atom stereocenters. The summed E-state index contributed by atoms with van der Waals surface area (Å²) in [6, 6.07) is 17.4. The van der Waals surface area contributed by atoms with Crippen LogP contribution in [0.15, 0.2) is 54.6 Å². The summed E-state index contributed by atoms with van der Waals surface area (Å²) < 4.78 is 5.55. The zero-order chi connectivity index (χ0) is 21.7. The van der Waals surface area contributed by atoms with Crippen LogP contribution in [0.4, 0.5) is 10.5 Å². The molecule has 2 heterocycles. The number of carbonyl (C=O) groups excluding carboxylic acids is 3. The van der Waals surface area contributed by atoms with Gasteiger partial charge in [-0.2, -0.15) is 0 Å². The molecule has 0 unspecified atom stereocenters. The molecule has 2 fully saturated rings. The van der Waals surface area contributed by atoms with E-state index in [1.54, 1.807) is 0 Å². The van der Waals surface area contributed by atoms with Gasteiger partial charge in [0.05, 0.1) is 5.92 Å². The predicted octanol–water partition coefficient (Wildman–Crippen LogP) is 2.76. The van der Waals surface area contributed by atoms with Crippen LogP contribution >= 0.6 is 0 Å². The van der Waals surface area contributed by atoms with E-state index in [-0.39, 0.29) is 35.6 Å². The zero-order valence-electron chi connectivity index (χ0n) is 17.4. The number of benzene rings is 2. The maximum absolute atomic E-state index is 12.5. The summed E-state index contributed by atoms with van der Waals surface area (Å²) >= 11 is 0. The average Bonchev–Trinajstić information content (AvgIpc) is 3.11. The van der Waals surface area contributed by atoms with E-state index in [1.165, 1.54) is 5.56 Å². The van der Waals surface area contributed by atoms with Crippen molar-refractivity contribution in [3.05, 3.63) is 65.7 Å². The van der Waals surface area contributed by atoms with Crippen molar-refractivity contribution in [2.24, 2.45) is 5.92 Å². The molecule has 0 spiro atoms. The zero-order valence-corrected chi connectivity index (χ0v) is 17.4. The van der Waals surface area contributed by atoms with E-state index in [1.807, 2.05) is 42.5 Å². The Labute approximate surface area is 181 Å². The molecule has 7 heteroatoms. The van der Waals surface area contributed by atoms with Gasteiger partial charge in [-0.3, -0.25) is 14.9 Å². The Morgan fingerprint density at radius 2 is 1.74 bits per heavy atom. The molecule has 4 rings (SSSR count). The minimum Gasteiger partial charge on any atom is -0.381 e. The van der Waals surface area contributed by atoms with Crippen LogP contribution in [0.25, 0.3) is 0 Å². The molecule has 0 radical (unpaired) electrons. The number of hydrogen-bond acceptors (Lipinski definition) is 4. The van der Waals surface area contributed by atoms with Crippen LogP contribution in [-0.2, 0) is 26.2 Å². The number of imide groups is 1. The van der Waals surface area contributed by atoms with Crippen molar-refractivity contribution in [1.82, 2.24) is 10.6 Å². The number of urea groups is 1. The van der Waals surface area contributed by atoms with Crippen molar-refractivity contribution in [3.63, 3.8) is 0 Å². The first-order valence-corrected chi connectivity index (χ1v) is 10.6. The molecule has 3 N–H and O–H groups in total. The van der Waals surface area contributed by atoms with Crippen LogP contribution in [0.1, 0.15) is 30.4 Å². The lowest BCUT2D eigenvalue weighted by molar-refractivity contribution is -0.125. The smallest absolute Gasteiger partial charge is 0.319 e. The Kier molecular flexibility index (Phi) is 6.32. The van der Waals surface area contributed by atoms with E-state index in [0.717, 1.165) is 18.4 Å². The van der Waals surface area contributed by atoms with Crippen molar-refractivity contribution >= 4 is 23.5 Å². The second-order valence-electron chi connectivity index (χ2n) is 8.28. The molecule has 0 saturated carbocycles. The Hall–Kier alpha value is -3.19. The molecule has 0 aromatic heterocycles. The molecular weight excluding hydrogens is 394 g/mol. The molecule has 2 aromatic carbocycles. The van der Waals surface area contributed by atoms with E-state index in [9.17, 15) is 14.4 Å². The Morgan fingerprint density at radius 3 is 2.39 bits per heavy atom. The molecule has 0 aliphatic carbocycles. The van der Waals surface area contributed by atoms with Gasteiger partial charge in [-0.25, -0.2) is 4.79 Å². The Morgan fingerprint density at radius 1 is 1.03 bits per heavy atom. The normalized spacial score (nSPS) is 20.2. The first-order valence-electron chi connectivity index (χ1n) is 10.6. The molecule has 2 aliphatic heterocycles. The van der Waals surface area contributed by atoms with Crippen molar-refractivity contribution in [2.45, 2.75) is 31.1 Å². The number of nitrogens with one attached hydrogen (secondary N) is 3. The fraction of sp³-hybridized carbons (Fsp3) is 0.375. The quantitative estimate of drug-likeness (QED) is 0.625. The molecular formula is C24H27N3O4. The second kappa shape index (κ2) is 9.31. The standard InChI is InChI=1S/C24H27N3O4/c28-21-15-18(22(29)27-21)14-17-6-8-20(9-7-17)26-23(30)25-16-24(10-12-31-13-11-24)19-4-2-1-3-5-19/h1-9,18H,10-16H2,(H2,25,26,30)(H,27,28,29)/t18-/m1/s1. The van der Waals surface area contributed by atoms with Crippen molar-refractivity contribution in [3.8, 4) is 0 Å². The summed E-state index contributed by atoms with van der Waals surface area (Å²) in [4.78, 5) is 35.6. The highest BCUT2D eigenvalue weighted by atomic mass is 16.5. The van der Waals surface area contributed by atoms with Gasteiger partial charge in [0.25, 0.3) is 0 Å². The monoisotopic (exact) mass is 421 g/mol. The van der Waals surface area contributed by atoms with Gasteiger partial charge < -0.3 is 15.4 Å². The number of carbonyl (C=O) groups is 3. The fourth-order valence-electron chi connectivity index (χ4n) is 4.33. The third-order valence-corrected chi connectivity index (χ3v) is 6.18. The van der Waals surface area contributed by atoms with E-state index in [4.69, 9.17) is 4.74 Å². The van der Waals surface area contributed by atoms with Crippen LogP contribution in [-0.4, -0.2) is 37.6 Å². The minimum atomic E-state index is -0.316. The van der Waals surface area contributed by atoms with Crippen LogP contribution in [0.2, 0.25) is 0 Å². The number of anilines is 1. The predicted molar refractivity (Wildman–Crippen MR) is 117 cm³/mol. The van der Waals surface area contributed by atoms with E-state index < -0.39 is 0 Å². The van der Waals surface area contributed by atoms with E-state index in [0.29, 0.717) is 31.9 Å². The summed E-state index contributed by atoms with van der Waals surface area (Å²) in [5, 5.41) is 8.23. The topological polar surface area (TPSA) is 96.5 Å². The van der Waals surface area contributed by atoms with Crippen molar-refractivity contribution < 1.29 is 19.1 Å². The van der Waals surface area contributed by atoms with E-state index >= 15 is 0 Å². The van der Waals surface area contributed by atoms with E-state index in [2.05, 4.69) is 28.1 Å². The highest BCUT2D eigenvalue weighted by molar-refractivity contribution is 6.03. The number of rotatable bonds is 6. The number of ether oxygens (including phenoxy) is 1. The molecule has 2 aliphatic rings. The largest absolute Gasteiger partial charge is 0.381 e. The lowest BCUT2D eigenvalue weighted by atomic mass is 9.74. The molecule has 162 valence electrons. The summed E-state index contributed by atoms with van der Waals surface area (Å²) in [6.07, 6.45) is 2.47. The van der Waals surface area contributed by atoms with Crippen LogP contribution in [0.5, 0.6) is 0 Å². The molecule has 7 nitrogen and oxygen atoms in total. The first-order chi connectivity index (χ1) is 15.0. The number of hydrogen-bond donors (Lipinski definition) is 3. The fourth-order valence-corrected chi connectivity index (χ4v) is 4.33. The van der Waals surface area contributed by atoms with Gasteiger partial charge in [0.2, 0.25) is 11.8 Å². The van der Waals surface area contributed by atoms with Crippen LogP contribution < -0.4 is 16.0 Å².